The Bertz CT molecular complexity index is 920. The number of carbonyl (C=O) groups excluding carboxylic acids is 1. The summed E-state index contributed by atoms with van der Waals surface area (Å²) in [6.45, 7) is 0. The second-order valence-corrected chi connectivity index (χ2v) is 8.56. The fraction of sp³-hybridized carbons (Fsp3) is 0.278. The number of carbonyl (C=O) groups is 2. The first kappa shape index (κ1) is 19.0. The van der Waals surface area contributed by atoms with Crippen molar-refractivity contribution >= 4 is 68.9 Å². The zero-order chi connectivity index (χ0) is 18.8. The number of aromatic nitrogens is 1. The van der Waals surface area contributed by atoms with Crippen molar-refractivity contribution in [2.24, 2.45) is 7.05 Å². The van der Waals surface area contributed by atoms with Gasteiger partial charge in [-0.05, 0) is 30.6 Å². The van der Waals surface area contributed by atoms with Gasteiger partial charge in [0.2, 0.25) is 0 Å². The van der Waals surface area contributed by atoms with Crippen molar-refractivity contribution in [3.8, 4) is 0 Å². The molecule has 1 aromatic carbocycles. The van der Waals surface area contributed by atoms with Gasteiger partial charge in [0.05, 0.1) is 4.91 Å². The van der Waals surface area contributed by atoms with E-state index in [1.54, 1.807) is 17.8 Å². The fourth-order valence-electron chi connectivity index (χ4n) is 2.97. The highest BCUT2D eigenvalue weighted by atomic mass is 32.2. The van der Waals surface area contributed by atoms with Crippen molar-refractivity contribution < 1.29 is 14.7 Å². The van der Waals surface area contributed by atoms with E-state index in [0.717, 1.165) is 28.2 Å². The number of hydrogen-bond acceptors (Lipinski definition) is 5. The predicted molar refractivity (Wildman–Crippen MR) is 112 cm³/mol. The summed E-state index contributed by atoms with van der Waals surface area (Å²) in [5, 5.41) is 10.6. The van der Waals surface area contributed by atoms with E-state index in [4.69, 9.17) is 12.2 Å². The maximum atomic E-state index is 12.8. The van der Waals surface area contributed by atoms with E-state index in [2.05, 4.69) is 0 Å². The number of aryl methyl sites for hydroxylation is 1. The zero-order valence-electron chi connectivity index (χ0n) is 14.3. The molecule has 8 heteroatoms. The summed E-state index contributed by atoms with van der Waals surface area (Å²) in [5.41, 5.74) is 1.98. The van der Waals surface area contributed by atoms with E-state index in [9.17, 15) is 14.7 Å². The first-order valence-electron chi connectivity index (χ1n) is 7.97. The molecule has 5 nitrogen and oxygen atoms in total. The molecule has 0 aliphatic carbocycles. The number of para-hydroxylation sites is 1. The third-order valence-corrected chi connectivity index (χ3v) is 6.20. The number of fused-ring (bicyclic) bond motifs is 1. The molecule has 26 heavy (non-hydrogen) atoms. The Morgan fingerprint density at radius 2 is 2.15 bits per heavy atom. The van der Waals surface area contributed by atoms with Gasteiger partial charge in [-0.2, -0.15) is 11.8 Å². The summed E-state index contributed by atoms with van der Waals surface area (Å²) in [4.78, 5) is 26.2. The van der Waals surface area contributed by atoms with Gasteiger partial charge in [-0.1, -0.05) is 42.2 Å². The van der Waals surface area contributed by atoms with E-state index < -0.39 is 12.0 Å². The molecule has 136 valence electrons. The van der Waals surface area contributed by atoms with Crippen LogP contribution in [0.5, 0.6) is 0 Å². The second kappa shape index (κ2) is 7.85. The summed E-state index contributed by atoms with van der Waals surface area (Å²) in [5.74, 6) is -0.709. The number of amides is 1. The molecular weight excluding hydrogens is 388 g/mol. The highest BCUT2D eigenvalue weighted by Gasteiger charge is 2.40. The van der Waals surface area contributed by atoms with Gasteiger partial charge in [0.1, 0.15) is 10.4 Å². The van der Waals surface area contributed by atoms with E-state index >= 15 is 0 Å². The Balaban J connectivity index is 1.95. The van der Waals surface area contributed by atoms with Crippen molar-refractivity contribution in [2.75, 3.05) is 12.0 Å². The van der Waals surface area contributed by atoms with Crippen molar-refractivity contribution in [2.45, 2.75) is 12.5 Å². The minimum atomic E-state index is -1.03. The van der Waals surface area contributed by atoms with Crippen LogP contribution in [0.15, 0.2) is 35.4 Å². The first-order chi connectivity index (χ1) is 12.4. The van der Waals surface area contributed by atoms with Gasteiger partial charge in [0.15, 0.2) is 0 Å². The summed E-state index contributed by atoms with van der Waals surface area (Å²) < 4.78 is 2.30. The summed E-state index contributed by atoms with van der Waals surface area (Å²) in [6.07, 6.45) is 6.03. The number of nitrogens with zero attached hydrogens (tertiary/aromatic N) is 2. The minimum Gasteiger partial charge on any atom is -0.480 e. The smallest absolute Gasteiger partial charge is 0.326 e. The van der Waals surface area contributed by atoms with Crippen LogP contribution in [0.1, 0.15) is 12.0 Å². The van der Waals surface area contributed by atoms with Crippen LogP contribution in [0.25, 0.3) is 17.0 Å². The molecule has 1 saturated heterocycles. The summed E-state index contributed by atoms with van der Waals surface area (Å²) in [6, 6.07) is 7.01. The topological polar surface area (TPSA) is 62.5 Å². The number of thiocarbonyl (C=S) groups is 1. The second-order valence-electron chi connectivity index (χ2n) is 5.90. The minimum absolute atomic E-state index is 0.301. The fourth-order valence-corrected chi connectivity index (χ4v) is 4.78. The Morgan fingerprint density at radius 1 is 1.42 bits per heavy atom. The molecule has 3 rings (SSSR count). The molecule has 1 aliphatic heterocycles. The highest BCUT2D eigenvalue weighted by Crippen LogP contribution is 2.36. The molecule has 0 saturated carbocycles. The third-order valence-electron chi connectivity index (χ3n) is 4.23. The van der Waals surface area contributed by atoms with Crippen LogP contribution in [0, 0.1) is 0 Å². The maximum absolute atomic E-state index is 12.8. The summed E-state index contributed by atoms with van der Waals surface area (Å²) >= 11 is 8.02. The maximum Gasteiger partial charge on any atom is 0.326 e. The van der Waals surface area contributed by atoms with E-state index in [0.29, 0.717) is 21.4 Å². The van der Waals surface area contributed by atoms with Crippen molar-refractivity contribution in [1.82, 2.24) is 9.47 Å². The lowest BCUT2D eigenvalue weighted by Crippen LogP contribution is -2.44. The van der Waals surface area contributed by atoms with E-state index in [1.807, 2.05) is 48.3 Å². The van der Waals surface area contributed by atoms with Gasteiger partial charge >= 0.3 is 5.97 Å². The Kier molecular flexibility index (Phi) is 5.74. The quantitative estimate of drug-likeness (QED) is 0.584. The van der Waals surface area contributed by atoms with Gasteiger partial charge in [-0.25, -0.2) is 4.79 Å². The molecule has 1 aromatic heterocycles. The number of thioether (sulfide) groups is 2. The van der Waals surface area contributed by atoms with Crippen LogP contribution in [0.3, 0.4) is 0 Å². The van der Waals surface area contributed by atoms with E-state index in [-0.39, 0.29) is 5.91 Å². The highest BCUT2D eigenvalue weighted by molar-refractivity contribution is 8.26. The molecule has 1 fully saturated rings. The van der Waals surface area contributed by atoms with Crippen LogP contribution in [0.2, 0.25) is 0 Å². The van der Waals surface area contributed by atoms with Gasteiger partial charge < -0.3 is 9.67 Å². The average Bonchev–Trinajstić information content (AvgIpc) is 3.07. The third kappa shape index (κ3) is 3.54. The van der Waals surface area contributed by atoms with Gasteiger partial charge in [0, 0.05) is 29.7 Å². The molecule has 1 amide bonds. The SMILES string of the molecule is CSCC[C@@H](C(=O)O)N1C(=O)/C(=C/c2cn(C)c3ccccc23)SC1=S. The molecule has 0 bridgehead atoms. The number of hydrogen-bond donors (Lipinski definition) is 1. The van der Waals surface area contributed by atoms with Crippen LogP contribution in [-0.4, -0.2) is 48.8 Å². The molecule has 2 aromatic rings. The van der Waals surface area contributed by atoms with Crippen LogP contribution >= 0.6 is 35.7 Å². The summed E-state index contributed by atoms with van der Waals surface area (Å²) in [7, 11) is 1.95. The Hall–Kier alpha value is -1.77. The molecule has 1 atom stereocenters. The Morgan fingerprint density at radius 3 is 2.85 bits per heavy atom. The monoisotopic (exact) mass is 406 g/mol. The Labute approximate surface area is 165 Å². The van der Waals surface area contributed by atoms with Crippen LogP contribution < -0.4 is 0 Å². The standard InChI is InChI=1S/C18H18N2O3S3/c1-19-10-11(12-5-3-4-6-13(12)19)9-15-16(21)20(18(24)26-15)14(17(22)23)7-8-25-2/h3-6,9-10,14H,7-8H2,1-2H3,(H,22,23)/b15-9-/t14-/m0/s1. The zero-order valence-corrected chi connectivity index (χ0v) is 16.8. The molecule has 0 spiro atoms. The number of rotatable bonds is 6. The number of aliphatic carboxylic acids is 1. The molecule has 1 N–H and O–H groups in total. The van der Waals surface area contributed by atoms with Crippen molar-refractivity contribution in [1.29, 1.82) is 0 Å². The van der Waals surface area contributed by atoms with E-state index in [1.165, 1.54) is 4.90 Å². The molecule has 2 heterocycles. The van der Waals surface area contributed by atoms with Crippen molar-refractivity contribution in [3.05, 3.63) is 40.9 Å². The van der Waals surface area contributed by atoms with Gasteiger partial charge in [-0.15, -0.1) is 0 Å². The molecular formula is C18H18N2O3S3. The molecule has 0 unspecified atom stereocenters. The average molecular weight is 407 g/mol. The van der Waals surface area contributed by atoms with Crippen molar-refractivity contribution in [3.63, 3.8) is 0 Å². The van der Waals surface area contributed by atoms with Gasteiger partial charge in [-0.3, -0.25) is 9.69 Å². The number of carboxylic acids is 1. The lowest BCUT2D eigenvalue weighted by atomic mass is 10.1. The molecule has 0 radical (unpaired) electrons. The predicted octanol–water partition coefficient (Wildman–Crippen LogP) is 3.59. The normalized spacial score (nSPS) is 17.5. The molecule has 1 aliphatic rings. The number of benzene rings is 1. The van der Waals surface area contributed by atoms with Crippen LogP contribution in [-0.2, 0) is 16.6 Å². The number of carboxylic acid groups (broad SMARTS) is 1. The lowest BCUT2D eigenvalue weighted by molar-refractivity contribution is -0.145. The van der Waals surface area contributed by atoms with Crippen LogP contribution in [0.4, 0.5) is 0 Å². The largest absolute Gasteiger partial charge is 0.480 e. The lowest BCUT2D eigenvalue weighted by Gasteiger charge is -2.22. The first-order valence-corrected chi connectivity index (χ1v) is 10.6. The van der Waals surface area contributed by atoms with Gasteiger partial charge in [0.25, 0.3) is 5.91 Å².